The molecule has 5 nitrogen and oxygen atoms in total. The van der Waals surface area contributed by atoms with Crippen LogP contribution in [0.5, 0.6) is 5.75 Å². The highest BCUT2D eigenvalue weighted by molar-refractivity contribution is 6.44. The van der Waals surface area contributed by atoms with Crippen molar-refractivity contribution in [1.82, 2.24) is 0 Å². The quantitative estimate of drug-likeness (QED) is 0.877. The zero-order chi connectivity index (χ0) is 17.3. The number of amides is 2. The largest absolute Gasteiger partial charge is 0.502 e. The van der Waals surface area contributed by atoms with Crippen molar-refractivity contribution >= 4 is 23.1 Å². The van der Waals surface area contributed by atoms with E-state index in [1.54, 1.807) is 24.3 Å². The van der Waals surface area contributed by atoms with E-state index in [0.29, 0.717) is 18.0 Å². The Morgan fingerprint density at radius 2 is 1.79 bits per heavy atom. The maximum Gasteiger partial charge on any atom is 0.301 e. The van der Waals surface area contributed by atoms with E-state index in [1.807, 2.05) is 6.92 Å². The Labute approximate surface area is 137 Å². The number of carbonyl (C=O) groups is 2. The number of imide groups is 1. The minimum absolute atomic E-state index is 0.151. The lowest BCUT2D eigenvalue weighted by atomic mass is 10.1. The summed E-state index contributed by atoms with van der Waals surface area (Å²) >= 11 is 0. The van der Waals surface area contributed by atoms with Crippen LogP contribution >= 0.6 is 0 Å². The van der Waals surface area contributed by atoms with E-state index in [1.165, 1.54) is 12.1 Å². The van der Waals surface area contributed by atoms with Crippen LogP contribution in [0.25, 0.3) is 5.57 Å². The average molecular weight is 327 g/mol. The number of hydrogen-bond donors (Lipinski definition) is 1. The molecular weight excluding hydrogens is 313 g/mol. The maximum absolute atomic E-state index is 13.0. The second-order valence-electron chi connectivity index (χ2n) is 5.11. The van der Waals surface area contributed by atoms with E-state index in [9.17, 15) is 19.1 Å². The van der Waals surface area contributed by atoms with Gasteiger partial charge in [0.15, 0.2) is 5.76 Å². The predicted octanol–water partition coefficient (Wildman–Crippen LogP) is 3.07. The van der Waals surface area contributed by atoms with Crippen molar-refractivity contribution in [1.29, 1.82) is 0 Å². The Bertz CT molecular complexity index is 842. The summed E-state index contributed by atoms with van der Waals surface area (Å²) in [5.74, 6) is -2.12. The molecule has 1 heterocycles. The molecule has 122 valence electrons. The van der Waals surface area contributed by atoms with Gasteiger partial charge in [-0.3, -0.25) is 9.59 Å². The maximum atomic E-state index is 13.0. The van der Waals surface area contributed by atoms with Crippen LogP contribution in [-0.2, 0) is 9.59 Å². The van der Waals surface area contributed by atoms with Crippen molar-refractivity contribution in [2.24, 2.45) is 0 Å². The van der Waals surface area contributed by atoms with Gasteiger partial charge in [-0.2, -0.15) is 0 Å². The molecule has 6 heteroatoms. The highest BCUT2D eigenvalue weighted by Gasteiger charge is 2.40. The Kier molecular flexibility index (Phi) is 4.04. The summed E-state index contributed by atoms with van der Waals surface area (Å²) in [4.78, 5) is 25.8. The van der Waals surface area contributed by atoms with Gasteiger partial charge < -0.3 is 9.84 Å². The minimum atomic E-state index is -0.826. The number of aliphatic hydroxyl groups excluding tert-OH is 1. The first-order chi connectivity index (χ1) is 11.5. The number of aliphatic hydroxyl groups is 1. The summed E-state index contributed by atoms with van der Waals surface area (Å²) in [5.41, 5.74) is 0.414. The summed E-state index contributed by atoms with van der Waals surface area (Å²) in [6, 6.07) is 11.5. The van der Waals surface area contributed by atoms with Crippen molar-refractivity contribution in [3.8, 4) is 5.75 Å². The van der Waals surface area contributed by atoms with Crippen LogP contribution in [0.3, 0.4) is 0 Å². The standard InChI is InChI=1S/C18H14FNO4/c1-2-24-14-5-3-4-13(10-14)20-17(22)15(16(21)18(20)23)11-6-8-12(19)9-7-11/h3-10,21H,2H2,1H3. The van der Waals surface area contributed by atoms with Crippen LogP contribution in [-0.4, -0.2) is 23.5 Å². The zero-order valence-electron chi connectivity index (χ0n) is 12.8. The Morgan fingerprint density at radius 3 is 2.46 bits per heavy atom. The molecule has 0 saturated carbocycles. The normalized spacial score (nSPS) is 14.5. The number of halogens is 1. The van der Waals surface area contributed by atoms with Crippen LogP contribution in [0, 0.1) is 5.82 Å². The third kappa shape index (κ3) is 2.62. The van der Waals surface area contributed by atoms with E-state index in [0.717, 1.165) is 17.0 Å². The van der Waals surface area contributed by atoms with Crippen molar-refractivity contribution < 1.29 is 23.8 Å². The number of benzene rings is 2. The lowest BCUT2D eigenvalue weighted by Gasteiger charge is -2.15. The summed E-state index contributed by atoms with van der Waals surface area (Å²) < 4.78 is 18.4. The number of carbonyl (C=O) groups excluding carboxylic acids is 2. The van der Waals surface area contributed by atoms with Crippen molar-refractivity contribution in [2.75, 3.05) is 11.5 Å². The van der Waals surface area contributed by atoms with Crippen LogP contribution in [0.2, 0.25) is 0 Å². The molecule has 0 saturated heterocycles. The molecule has 0 atom stereocenters. The fourth-order valence-electron chi connectivity index (χ4n) is 2.51. The highest BCUT2D eigenvalue weighted by atomic mass is 19.1. The van der Waals surface area contributed by atoms with Gasteiger partial charge in [-0.25, -0.2) is 9.29 Å². The smallest absolute Gasteiger partial charge is 0.301 e. The van der Waals surface area contributed by atoms with E-state index in [-0.39, 0.29) is 11.1 Å². The number of anilines is 1. The SMILES string of the molecule is CCOc1cccc(N2C(=O)C(O)=C(c3ccc(F)cc3)C2=O)c1. The number of ether oxygens (including phenoxy) is 1. The molecule has 0 radical (unpaired) electrons. The average Bonchev–Trinajstić information content (AvgIpc) is 2.79. The Hall–Kier alpha value is -3.15. The number of nitrogens with zero attached hydrogens (tertiary/aromatic N) is 1. The first kappa shape index (κ1) is 15.7. The lowest BCUT2D eigenvalue weighted by Crippen LogP contribution is -2.31. The van der Waals surface area contributed by atoms with Gasteiger partial charge >= 0.3 is 5.91 Å². The summed E-state index contributed by atoms with van der Waals surface area (Å²) in [6.45, 7) is 2.26. The molecule has 2 amide bonds. The van der Waals surface area contributed by atoms with Crippen molar-refractivity contribution in [3.63, 3.8) is 0 Å². The predicted molar refractivity (Wildman–Crippen MR) is 86.1 cm³/mol. The highest BCUT2D eigenvalue weighted by Crippen LogP contribution is 2.33. The van der Waals surface area contributed by atoms with Crippen LogP contribution < -0.4 is 9.64 Å². The molecule has 0 bridgehead atoms. The molecule has 0 aromatic heterocycles. The van der Waals surface area contributed by atoms with E-state index >= 15 is 0 Å². The van der Waals surface area contributed by atoms with E-state index < -0.39 is 23.4 Å². The van der Waals surface area contributed by atoms with Gasteiger partial charge in [-0.1, -0.05) is 18.2 Å². The monoisotopic (exact) mass is 327 g/mol. The van der Waals surface area contributed by atoms with Gasteiger partial charge in [-0.05, 0) is 36.8 Å². The topological polar surface area (TPSA) is 66.8 Å². The van der Waals surface area contributed by atoms with Gasteiger partial charge in [0.2, 0.25) is 0 Å². The fourth-order valence-corrected chi connectivity index (χ4v) is 2.51. The summed E-state index contributed by atoms with van der Waals surface area (Å²) in [6.07, 6.45) is 0. The summed E-state index contributed by atoms with van der Waals surface area (Å²) in [7, 11) is 0. The molecule has 0 unspecified atom stereocenters. The Morgan fingerprint density at radius 1 is 1.08 bits per heavy atom. The second-order valence-corrected chi connectivity index (χ2v) is 5.11. The van der Waals surface area contributed by atoms with Gasteiger partial charge in [0.05, 0.1) is 17.9 Å². The molecule has 2 aromatic carbocycles. The molecular formula is C18H14FNO4. The molecule has 0 fully saturated rings. The zero-order valence-corrected chi connectivity index (χ0v) is 12.8. The first-order valence-corrected chi connectivity index (χ1v) is 7.33. The molecule has 1 aliphatic heterocycles. The fraction of sp³-hybridized carbons (Fsp3) is 0.111. The molecule has 0 aliphatic carbocycles. The molecule has 0 spiro atoms. The van der Waals surface area contributed by atoms with Crippen LogP contribution in [0.4, 0.5) is 10.1 Å². The van der Waals surface area contributed by atoms with Crippen molar-refractivity contribution in [2.45, 2.75) is 6.92 Å². The molecule has 1 aliphatic rings. The third-order valence-corrected chi connectivity index (χ3v) is 3.58. The molecule has 2 aromatic rings. The van der Waals surface area contributed by atoms with Crippen LogP contribution in [0.1, 0.15) is 12.5 Å². The van der Waals surface area contributed by atoms with Crippen molar-refractivity contribution in [3.05, 3.63) is 65.7 Å². The van der Waals surface area contributed by atoms with Gasteiger partial charge in [0, 0.05) is 6.07 Å². The lowest BCUT2D eigenvalue weighted by molar-refractivity contribution is -0.121. The first-order valence-electron chi connectivity index (χ1n) is 7.33. The summed E-state index contributed by atoms with van der Waals surface area (Å²) in [5, 5.41) is 10.1. The Balaban J connectivity index is 1.99. The van der Waals surface area contributed by atoms with Gasteiger partial charge in [0.25, 0.3) is 5.91 Å². The number of hydrogen-bond acceptors (Lipinski definition) is 4. The van der Waals surface area contributed by atoms with Crippen LogP contribution in [0.15, 0.2) is 54.3 Å². The third-order valence-electron chi connectivity index (χ3n) is 3.58. The minimum Gasteiger partial charge on any atom is -0.502 e. The number of rotatable bonds is 4. The van der Waals surface area contributed by atoms with E-state index in [2.05, 4.69) is 0 Å². The van der Waals surface area contributed by atoms with Gasteiger partial charge in [-0.15, -0.1) is 0 Å². The molecule has 24 heavy (non-hydrogen) atoms. The van der Waals surface area contributed by atoms with E-state index in [4.69, 9.17) is 4.74 Å². The van der Waals surface area contributed by atoms with Gasteiger partial charge in [0.1, 0.15) is 11.6 Å². The molecule has 1 N–H and O–H groups in total. The molecule has 3 rings (SSSR count). The second kappa shape index (κ2) is 6.16.